The summed E-state index contributed by atoms with van der Waals surface area (Å²) in [6.45, 7) is -5.05. The van der Waals surface area contributed by atoms with Crippen LogP contribution >= 0.6 is 11.6 Å². The summed E-state index contributed by atoms with van der Waals surface area (Å²) in [6, 6.07) is 0. The predicted molar refractivity (Wildman–Crippen MR) is 40.0 cm³/mol. The van der Waals surface area contributed by atoms with Gasteiger partial charge in [-0.3, -0.25) is 4.79 Å². The van der Waals surface area contributed by atoms with Crippen LogP contribution < -0.4 is 0 Å². The highest BCUT2D eigenvalue weighted by atomic mass is 35.5. The van der Waals surface area contributed by atoms with E-state index in [2.05, 4.69) is 4.74 Å². The van der Waals surface area contributed by atoms with Crippen molar-refractivity contribution >= 4 is 24.5 Å². The molecule has 2 nitrogen and oxygen atoms in total. The van der Waals surface area contributed by atoms with Crippen LogP contribution in [0.25, 0.3) is 0 Å². The number of carbonyl (C=O) groups excluding carboxylic acids is 1. The fourth-order valence-corrected chi connectivity index (χ4v) is 0.656. The van der Waals surface area contributed by atoms with Crippen LogP contribution in [0, 0.1) is 0 Å². The quantitative estimate of drug-likeness (QED) is 0.396. The molecule has 0 aliphatic carbocycles. The zero-order valence-electron chi connectivity index (χ0n) is 6.40. The van der Waals surface area contributed by atoms with E-state index < -0.39 is 24.6 Å². The third-order valence-corrected chi connectivity index (χ3v) is 1.77. The van der Waals surface area contributed by atoms with Gasteiger partial charge in [0.25, 0.3) is 0 Å². The molecule has 0 radical (unpaired) electrons. The average molecular weight is 203 g/mol. The van der Waals surface area contributed by atoms with Crippen molar-refractivity contribution in [3.63, 3.8) is 0 Å². The molecule has 0 amide bonds. The van der Waals surface area contributed by atoms with Gasteiger partial charge in [0.1, 0.15) is 0 Å². The lowest BCUT2D eigenvalue weighted by atomic mass is 9.83. The van der Waals surface area contributed by atoms with Crippen molar-refractivity contribution in [2.45, 2.75) is 18.1 Å². The van der Waals surface area contributed by atoms with Crippen LogP contribution in [-0.4, -0.2) is 25.3 Å². The molecule has 0 aliphatic rings. The molecule has 0 fully saturated rings. The van der Waals surface area contributed by atoms with Gasteiger partial charge in [0.05, 0.1) is 7.11 Å². The van der Waals surface area contributed by atoms with Crippen LogP contribution in [0.4, 0.5) is 12.9 Å². The number of esters is 1. The van der Waals surface area contributed by atoms with Crippen LogP contribution in [-0.2, 0) is 9.53 Å². The summed E-state index contributed by atoms with van der Waals surface area (Å²) >= 11 is 4.95. The first kappa shape index (κ1) is 11.6. The molecule has 0 aliphatic heterocycles. The molecule has 7 heteroatoms. The molecule has 0 saturated heterocycles. The Morgan fingerprint density at radius 2 is 2.08 bits per heavy atom. The Morgan fingerprint density at radius 3 is 2.42 bits per heavy atom. The van der Waals surface area contributed by atoms with Crippen molar-refractivity contribution in [3.05, 3.63) is 0 Å². The normalized spacial score (nSPS) is 14.1. The number of ether oxygens (including phenoxy) is 1. The number of carbonyl (C=O) groups is 1. The highest BCUT2D eigenvalue weighted by Crippen LogP contribution is 2.23. The monoisotopic (exact) mass is 203 g/mol. The third kappa shape index (κ3) is 4.48. The minimum atomic E-state index is -5.05. The lowest BCUT2D eigenvalue weighted by molar-refractivity contribution is -0.140. The van der Waals surface area contributed by atoms with Gasteiger partial charge < -0.3 is 17.7 Å². The third-order valence-electron chi connectivity index (χ3n) is 1.26. The van der Waals surface area contributed by atoms with E-state index in [4.69, 9.17) is 11.6 Å². The number of hydrogen-bond donors (Lipinski definition) is 0. The summed E-state index contributed by atoms with van der Waals surface area (Å²) in [4.78, 5) is 10.4. The number of rotatable bonds is 4. The van der Waals surface area contributed by atoms with E-state index in [1.54, 1.807) is 0 Å². The van der Waals surface area contributed by atoms with Crippen molar-refractivity contribution in [1.82, 2.24) is 0 Å². The first-order chi connectivity index (χ1) is 5.38. The standard InChI is InChI=1S/C5H8BClF3O2/c1-12-5(11)3-2-4(7)6(8,9)10/h4H,2-3H2,1H3/q-1. The first-order valence-electron chi connectivity index (χ1n) is 3.28. The van der Waals surface area contributed by atoms with E-state index in [1.807, 2.05) is 0 Å². The van der Waals surface area contributed by atoms with Crippen LogP contribution in [0.15, 0.2) is 0 Å². The summed E-state index contributed by atoms with van der Waals surface area (Å²) in [5, 5.41) is -1.91. The van der Waals surface area contributed by atoms with Gasteiger partial charge in [-0.15, -0.1) is 0 Å². The smallest absolute Gasteiger partial charge is 0.469 e. The molecule has 0 rings (SSSR count). The molecule has 0 aromatic carbocycles. The molecule has 0 bridgehead atoms. The molecular formula is C5H8BClF3O2-. The fraction of sp³-hybridized carbons (Fsp3) is 0.800. The molecule has 0 spiro atoms. The lowest BCUT2D eigenvalue weighted by Gasteiger charge is -2.19. The minimum Gasteiger partial charge on any atom is -0.469 e. The van der Waals surface area contributed by atoms with Crippen molar-refractivity contribution < 1.29 is 22.5 Å². The van der Waals surface area contributed by atoms with Crippen molar-refractivity contribution in [2.75, 3.05) is 7.11 Å². The van der Waals surface area contributed by atoms with E-state index in [9.17, 15) is 17.7 Å². The van der Waals surface area contributed by atoms with Gasteiger partial charge in [-0.25, -0.2) is 0 Å². The van der Waals surface area contributed by atoms with Crippen LogP contribution in [0.5, 0.6) is 0 Å². The van der Waals surface area contributed by atoms with Crippen molar-refractivity contribution in [3.8, 4) is 0 Å². The maximum Gasteiger partial charge on any atom is 0.495 e. The number of hydrogen-bond acceptors (Lipinski definition) is 2. The van der Waals surface area contributed by atoms with Gasteiger partial charge in [-0.1, -0.05) is 6.42 Å². The van der Waals surface area contributed by atoms with Crippen LogP contribution in [0.3, 0.4) is 0 Å². The van der Waals surface area contributed by atoms with E-state index in [1.165, 1.54) is 0 Å². The molecule has 1 atom stereocenters. The maximum absolute atomic E-state index is 11.8. The summed E-state index contributed by atoms with van der Waals surface area (Å²) in [5.74, 6) is -0.680. The van der Waals surface area contributed by atoms with Gasteiger partial charge in [-0.2, -0.15) is 11.6 Å². The largest absolute Gasteiger partial charge is 0.495 e. The second-order valence-corrected chi connectivity index (χ2v) is 2.82. The van der Waals surface area contributed by atoms with E-state index >= 15 is 0 Å². The summed E-state index contributed by atoms with van der Waals surface area (Å²) in [7, 11) is 1.12. The second-order valence-electron chi connectivity index (χ2n) is 2.26. The van der Waals surface area contributed by atoms with E-state index in [0.717, 1.165) is 7.11 Å². The summed E-state index contributed by atoms with van der Waals surface area (Å²) in [6.07, 6.45) is -0.719. The SMILES string of the molecule is COC(=O)CCC(Cl)[B-](F)(F)F. The summed E-state index contributed by atoms with van der Waals surface area (Å²) in [5.41, 5.74) is 0. The number of alkyl halides is 1. The molecule has 0 saturated carbocycles. The Bertz CT molecular complexity index is 161. The van der Waals surface area contributed by atoms with Crippen LogP contribution in [0.1, 0.15) is 12.8 Å². The van der Waals surface area contributed by atoms with Crippen LogP contribution in [0.2, 0.25) is 0 Å². The van der Waals surface area contributed by atoms with Gasteiger partial charge in [0, 0.05) is 11.7 Å². The van der Waals surface area contributed by atoms with E-state index in [-0.39, 0.29) is 6.42 Å². The molecule has 1 unspecified atom stereocenters. The van der Waals surface area contributed by atoms with E-state index in [0.29, 0.717) is 0 Å². The molecule has 0 heterocycles. The van der Waals surface area contributed by atoms with Gasteiger partial charge in [-0.05, 0) is 0 Å². The van der Waals surface area contributed by atoms with Gasteiger partial charge >= 0.3 is 12.9 Å². The topological polar surface area (TPSA) is 26.3 Å². The molecule has 72 valence electrons. The van der Waals surface area contributed by atoms with Gasteiger partial charge in [0.15, 0.2) is 0 Å². The molecule has 0 aromatic rings. The minimum absolute atomic E-state index is 0.300. The summed E-state index contributed by atoms with van der Waals surface area (Å²) < 4.78 is 39.5. The van der Waals surface area contributed by atoms with Crippen molar-refractivity contribution in [2.24, 2.45) is 0 Å². The zero-order chi connectivity index (χ0) is 9.78. The Hall–Kier alpha value is -0.385. The molecule has 12 heavy (non-hydrogen) atoms. The Balaban J connectivity index is 3.72. The highest BCUT2D eigenvalue weighted by Gasteiger charge is 2.33. The maximum atomic E-state index is 11.8. The Kier molecular flexibility index (Phi) is 4.45. The Labute approximate surface area is 73.1 Å². The molecule has 0 aromatic heterocycles. The Morgan fingerprint density at radius 1 is 1.58 bits per heavy atom. The van der Waals surface area contributed by atoms with Gasteiger partial charge in [0.2, 0.25) is 0 Å². The first-order valence-corrected chi connectivity index (χ1v) is 3.72. The zero-order valence-corrected chi connectivity index (χ0v) is 7.15. The second kappa shape index (κ2) is 4.59. The molecular weight excluding hydrogens is 195 g/mol. The fourth-order valence-electron chi connectivity index (χ4n) is 0.547. The predicted octanol–water partition coefficient (Wildman–Crippen LogP) is 1.93. The number of methoxy groups -OCH3 is 1. The number of halogens is 4. The highest BCUT2D eigenvalue weighted by molar-refractivity contribution is 6.69. The van der Waals surface area contributed by atoms with Crippen molar-refractivity contribution in [1.29, 1.82) is 0 Å². The molecule has 0 N–H and O–H groups in total. The lowest BCUT2D eigenvalue weighted by Crippen LogP contribution is -2.30. The average Bonchev–Trinajstić information content (AvgIpc) is 1.97.